The summed E-state index contributed by atoms with van der Waals surface area (Å²) in [5.74, 6) is 1.03. The van der Waals surface area contributed by atoms with Gasteiger partial charge in [-0.2, -0.15) is 5.26 Å². The number of imidazole rings is 1. The molecule has 0 aliphatic rings. The predicted octanol–water partition coefficient (Wildman–Crippen LogP) is 5.00. The Morgan fingerprint density at radius 2 is 2.12 bits per heavy atom. The third-order valence-electron chi connectivity index (χ3n) is 4.71. The number of nitrogens with zero attached hydrogens (tertiary/aromatic N) is 3. The molecule has 3 rings (SSSR count). The lowest BCUT2D eigenvalue weighted by molar-refractivity contribution is 0.754. The Morgan fingerprint density at radius 1 is 1.40 bits per heavy atom. The van der Waals surface area contributed by atoms with Crippen molar-refractivity contribution in [2.75, 3.05) is 5.32 Å². The van der Waals surface area contributed by atoms with Crippen molar-refractivity contribution in [3.63, 3.8) is 0 Å². The molecule has 128 valence electrons. The zero-order chi connectivity index (χ0) is 18.1. The highest BCUT2D eigenvalue weighted by molar-refractivity contribution is 5.86. The summed E-state index contributed by atoms with van der Waals surface area (Å²) < 4.78 is 2.10. The van der Waals surface area contributed by atoms with Crippen LogP contribution in [-0.2, 0) is 6.42 Å². The summed E-state index contributed by atoms with van der Waals surface area (Å²) in [6, 6.07) is 10.7. The van der Waals surface area contributed by atoms with Crippen molar-refractivity contribution in [2.24, 2.45) is 0 Å². The standard InChI is InChI=1S/C21H24N4/c1-6-14(4)23-20-16(11-13(2)3)15(5)17(12-22)21-24-18-9-7-8-10-19(18)25(20)21/h7-10,14,23H,2,6,11H2,1,3-5H3. The molecule has 25 heavy (non-hydrogen) atoms. The lowest BCUT2D eigenvalue weighted by Gasteiger charge is -2.22. The first kappa shape index (κ1) is 17.0. The molecule has 4 nitrogen and oxygen atoms in total. The zero-order valence-electron chi connectivity index (χ0n) is 15.3. The molecule has 1 atom stereocenters. The number of allylic oxidation sites excluding steroid dienone is 1. The number of hydrogen-bond donors (Lipinski definition) is 1. The quantitative estimate of drug-likeness (QED) is 0.669. The fraction of sp³-hybridized carbons (Fsp3) is 0.333. The number of rotatable bonds is 5. The van der Waals surface area contributed by atoms with Crippen molar-refractivity contribution in [1.29, 1.82) is 5.26 Å². The third-order valence-corrected chi connectivity index (χ3v) is 4.71. The minimum atomic E-state index is 0.320. The fourth-order valence-electron chi connectivity index (χ4n) is 3.19. The summed E-state index contributed by atoms with van der Waals surface area (Å²) in [5, 5.41) is 13.4. The third kappa shape index (κ3) is 2.87. The molecule has 1 aromatic carbocycles. The highest BCUT2D eigenvalue weighted by atomic mass is 15.1. The number of anilines is 1. The van der Waals surface area contributed by atoms with Crippen LogP contribution in [0.5, 0.6) is 0 Å². The lowest BCUT2D eigenvalue weighted by Crippen LogP contribution is -2.19. The van der Waals surface area contributed by atoms with Crippen molar-refractivity contribution >= 4 is 22.5 Å². The average Bonchev–Trinajstić information content (AvgIpc) is 2.96. The van der Waals surface area contributed by atoms with Gasteiger partial charge in [0.15, 0.2) is 5.65 Å². The van der Waals surface area contributed by atoms with Crippen LogP contribution in [0.2, 0.25) is 0 Å². The second-order valence-corrected chi connectivity index (χ2v) is 6.79. The van der Waals surface area contributed by atoms with Gasteiger partial charge < -0.3 is 5.32 Å². The Hall–Kier alpha value is -2.80. The van der Waals surface area contributed by atoms with Gasteiger partial charge in [-0.05, 0) is 51.3 Å². The molecule has 4 heteroatoms. The molecule has 0 amide bonds. The summed E-state index contributed by atoms with van der Waals surface area (Å²) in [6.45, 7) is 12.4. The molecule has 1 N–H and O–H groups in total. The van der Waals surface area contributed by atoms with Gasteiger partial charge >= 0.3 is 0 Å². The van der Waals surface area contributed by atoms with Crippen LogP contribution in [0.25, 0.3) is 16.7 Å². The van der Waals surface area contributed by atoms with Crippen molar-refractivity contribution in [2.45, 2.75) is 46.6 Å². The maximum Gasteiger partial charge on any atom is 0.157 e. The fourth-order valence-corrected chi connectivity index (χ4v) is 3.19. The van der Waals surface area contributed by atoms with Gasteiger partial charge in [-0.3, -0.25) is 4.40 Å². The molecular weight excluding hydrogens is 308 g/mol. The molecule has 0 aliphatic heterocycles. The normalized spacial score (nSPS) is 12.3. The van der Waals surface area contributed by atoms with E-state index in [1.165, 1.54) is 0 Å². The maximum atomic E-state index is 9.77. The van der Waals surface area contributed by atoms with Crippen LogP contribution >= 0.6 is 0 Å². The number of hydrogen-bond acceptors (Lipinski definition) is 3. The van der Waals surface area contributed by atoms with E-state index in [0.29, 0.717) is 11.6 Å². The molecule has 0 bridgehead atoms. The van der Waals surface area contributed by atoms with Gasteiger partial charge in [0.25, 0.3) is 0 Å². The van der Waals surface area contributed by atoms with E-state index in [-0.39, 0.29) is 0 Å². The van der Waals surface area contributed by atoms with Gasteiger partial charge in [0.2, 0.25) is 0 Å². The molecule has 2 heterocycles. The Labute approximate surface area is 148 Å². The first-order valence-electron chi connectivity index (χ1n) is 8.71. The number of pyridine rings is 1. The smallest absolute Gasteiger partial charge is 0.157 e. The second kappa shape index (κ2) is 6.60. The molecule has 1 unspecified atom stereocenters. The molecular formula is C21H24N4. The summed E-state index contributed by atoms with van der Waals surface area (Å²) in [6.07, 6.45) is 1.75. The van der Waals surface area contributed by atoms with Crippen LogP contribution in [0.1, 0.15) is 43.9 Å². The van der Waals surface area contributed by atoms with Crippen LogP contribution < -0.4 is 5.32 Å². The van der Waals surface area contributed by atoms with E-state index in [4.69, 9.17) is 4.98 Å². The molecule has 3 aromatic rings. The van der Waals surface area contributed by atoms with Gasteiger partial charge in [-0.25, -0.2) is 4.98 Å². The SMILES string of the molecule is C=C(C)Cc1c(C)c(C#N)c2nc3ccccc3n2c1NC(C)CC. The van der Waals surface area contributed by atoms with Crippen LogP contribution in [0, 0.1) is 18.3 Å². The number of aromatic nitrogens is 2. The Morgan fingerprint density at radius 3 is 2.76 bits per heavy atom. The van der Waals surface area contributed by atoms with Crippen LogP contribution in [0.3, 0.4) is 0 Å². The van der Waals surface area contributed by atoms with E-state index in [2.05, 4.69) is 42.3 Å². The van der Waals surface area contributed by atoms with Crippen LogP contribution in [0.15, 0.2) is 36.4 Å². The van der Waals surface area contributed by atoms with Gasteiger partial charge in [0, 0.05) is 11.6 Å². The van der Waals surface area contributed by atoms with Crippen molar-refractivity contribution in [3.8, 4) is 6.07 Å². The first-order chi connectivity index (χ1) is 12.0. The van der Waals surface area contributed by atoms with E-state index < -0.39 is 0 Å². The van der Waals surface area contributed by atoms with E-state index in [9.17, 15) is 5.26 Å². The topological polar surface area (TPSA) is 53.1 Å². The minimum Gasteiger partial charge on any atom is -0.368 e. The summed E-state index contributed by atoms with van der Waals surface area (Å²) in [7, 11) is 0. The van der Waals surface area contributed by atoms with Gasteiger partial charge in [-0.1, -0.05) is 31.2 Å². The van der Waals surface area contributed by atoms with Crippen molar-refractivity contribution in [1.82, 2.24) is 9.38 Å². The largest absolute Gasteiger partial charge is 0.368 e. The van der Waals surface area contributed by atoms with Crippen LogP contribution in [0.4, 0.5) is 5.82 Å². The van der Waals surface area contributed by atoms with Crippen molar-refractivity contribution < 1.29 is 0 Å². The molecule has 0 saturated heterocycles. The monoisotopic (exact) mass is 332 g/mol. The molecule has 0 radical (unpaired) electrons. The van der Waals surface area contributed by atoms with E-state index >= 15 is 0 Å². The molecule has 0 aliphatic carbocycles. The molecule has 0 fully saturated rings. The zero-order valence-corrected chi connectivity index (χ0v) is 15.3. The molecule has 2 aromatic heterocycles. The number of benzene rings is 1. The predicted molar refractivity (Wildman–Crippen MR) is 104 cm³/mol. The molecule has 0 spiro atoms. The summed E-state index contributed by atoms with van der Waals surface area (Å²) in [4.78, 5) is 4.74. The Bertz CT molecular complexity index is 1000. The second-order valence-electron chi connectivity index (χ2n) is 6.79. The van der Waals surface area contributed by atoms with Gasteiger partial charge in [-0.15, -0.1) is 0 Å². The maximum absolute atomic E-state index is 9.77. The van der Waals surface area contributed by atoms with E-state index in [1.54, 1.807) is 0 Å². The van der Waals surface area contributed by atoms with Crippen LogP contribution in [-0.4, -0.2) is 15.4 Å². The average molecular weight is 332 g/mol. The molecule has 0 saturated carbocycles. The van der Waals surface area contributed by atoms with Gasteiger partial charge in [0.1, 0.15) is 11.9 Å². The Balaban J connectivity index is 2.48. The first-order valence-corrected chi connectivity index (χ1v) is 8.71. The summed E-state index contributed by atoms with van der Waals surface area (Å²) in [5.41, 5.74) is 6.46. The number of fused-ring (bicyclic) bond motifs is 3. The number of para-hydroxylation sites is 2. The lowest BCUT2D eigenvalue weighted by atomic mass is 9.98. The number of nitrogens with one attached hydrogen (secondary N) is 1. The minimum absolute atomic E-state index is 0.320. The number of nitriles is 1. The highest BCUT2D eigenvalue weighted by Gasteiger charge is 2.21. The summed E-state index contributed by atoms with van der Waals surface area (Å²) >= 11 is 0. The van der Waals surface area contributed by atoms with Gasteiger partial charge in [0.05, 0.1) is 16.6 Å². The van der Waals surface area contributed by atoms with E-state index in [1.807, 2.05) is 32.0 Å². The van der Waals surface area contributed by atoms with Crippen molar-refractivity contribution in [3.05, 3.63) is 53.1 Å². The Kier molecular flexibility index (Phi) is 4.50. The van der Waals surface area contributed by atoms with E-state index in [0.717, 1.165) is 52.0 Å². The highest BCUT2D eigenvalue weighted by Crippen LogP contribution is 2.32.